The van der Waals surface area contributed by atoms with E-state index in [1.807, 2.05) is 13.0 Å². The molecule has 0 unspecified atom stereocenters. The van der Waals surface area contributed by atoms with Crippen molar-refractivity contribution >= 4 is 28.8 Å². The second-order valence-corrected chi connectivity index (χ2v) is 10.4. The van der Waals surface area contributed by atoms with Crippen molar-refractivity contribution in [2.75, 3.05) is 34.5 Å². The molecular formula is C32H33NO9. The lowest BCUT2D eigenvalue weighted by atomic mass is 9.71. The second-order valence-electron chi connectivity index (χ2n) is 10.4. The lowest BCUT2D eigenvalue weighted by Crippen LogP contribution is -2.34. The van der Waals surface area contributed by atoms with Crippen molar-refractivity contribution < 1.29 is 37.7 Å². The molecule has 10 nitrogen and oxygen atoms in total. The van der Waals surface area contributed by atoms with Gasteiger partial charge >= 0.3 is 5.97 Å². The number of carbonyl (C=O) groups is 3. The highest BCUT2D eigenvalue weighted by atomic mass is 16.5. The monoisotopic (exact) mass is 575 g/mol. The van der Waals surface area contributed by atoms with Gasteiger partial charge in [-0.2, -0.15) is 0 Å². The predicted molar refractivity (Wildman–Crippen MR) is 154 cm³/mol. The number of hydrogen-bond donors (Lipinski definition) is 0. The summed E-state index contributed by atoms with van der Waals surface area (Å²) >= 11 is 0. The fourth-order valence-corrected chi connectivity index (χ4v) is 6.02. The standard InChI is InChI=1S/C32H33NO9/c1-6-41-26(35)11-12-33-31(36)21-14-17(2)13-20(27(21)32(33)37)28-24(39-4)16-25(40-5)29-22(34)15-23(42-30(28)29)18-7-9-19(38-3)10-8-18/h7-10,13,15-16,20-21,27H,6,11-12,14H2,1-5H3/t20-,21+,27-/m1/s1. The highest BCUT2D eigenvalue weighted by Crippen LogP contribution is 2.50. The smallest absolute Gasteiger partial charge is 0.307 e. The van der Waals surface area contributed by atoms with E-state index in [1.165, 1.54) is 20.3 Å². The van der Waals surface area contributed by atoms with Gasteiger partial charge in [-0.05, 0) is 44.5 Å². The first-order valence-electron chi connectivity index (χ1n) is 13.8. The second kappa shape index (κ2) is 11.7. The fraction of sp³-hybridized carbons (Fsp3) is 0.375. The van der Waals surface area contributed by atoms with E-state index in [2.05, 4.69) is 0 Å². The van der Waals surface area contributed by atoms with Gasteiger partial charge in [0.25, 0.3) is 0 Å². The topological polar surface area (TPSA) is 122 Å². The first-order chi connectivity index (χ1) is 20.2. The van der Waals surface area contributed by atoms with Crippen LogP contribution in [0.4, 0.5) is 0 Å². The number of carbonyl (C=O) groups excluding carboxylic acids is 3. The van der Waals surface area contributed by atoms with Crippen LogP contribution in [0.3, 0.4) is 0 Å². The van der Waals surface area contributed by atoms with Crippen LogP contribution >= 0.6 is 0 Å². The number of rotatable bonds is 9. The number of methoxy groups -OCH3 is 3. The third kappa shape index (κ3) is 5.01. The van der Waals surface area contributed by atoms with Crippen LogP contribution in [-0.2, 0) is 19.1 Å². The lowest BCUT2D eigenvalue weighted by Gasteiger charge is -2.30. The van der Waals surface area contributed by atoms with E-state index in [4.69, 9.17) is 23.4 Å². The molecule has 0 spiro atoms. The fourth-order valence-electron chi connectivity index (χ4n) is 6.02. The largest absolute Gasteiger partial charge is 0.497 e. The van der Waals surface area contributed by atoms with Crippen molar-refractivity contribution in [3.63, 3.8) is 0 Å². The molecule has 2 aromatic carbocycles. The van der Waals surface area contributed by atoms with Crippen molar-refractivity contribution in [2.24, 2.45) is 11.8 Å². The predicted octanol–water partition coefficient (Wildman–Crippen LogP) is 4.47. The molecule has 3 atom stereocenters. The summed E-state index contributed by atoms with van der Waals surface area (Å²) in [5, 5.41) is 0.203. The Morgan fingerprint density at radius 3 is 2.33 bits per heavy atom. The lowest BCUT2D eigenvalue weighted by molar-refractivity contribution is -0.145. The molecule has 5 rings (SSSR count). The molecule has 0 bridgehead atoms. The molecule has 1 fully saturated rings. The van der Waals surface area contributed by atoms with Crippen molar-refractivity contribution in [1.82, 2.24) is 4.90 Å². The van der Waals surface area contributed by atoms with Crippen LogP contribution in [-0.4, -0.2) is 57.2 Å². The summed E-state index contributed by atoms with van der Waals surface area (Å²) in [5.74, 6) is -1.67. The average molecular weight is 576 g/mol. The van der Waals surface area contributed by atoms with Gasteiger partial charge in [0.15, 0.2) is 5.43 Å². The molecule has 3 aromatic rings. The van der Waals surface area contributed by atoms with Gasteiger partial charge in [-0.3, -0.25) is 24.1 Å². The van der Waals surface area contributed by atoms with E-state index in [1.54, 1.807) is 44.4 Å². The maximum Gasteiger partial charge on any atom is 0.307 e. The Morgan fingerprint density at radius 1 is 0.976 bits per heavy atom. The van der Waals surface area contributed by atoms with Crippen LogP contribution in [0.1, 0.15) is 38.2 Å². The van der Waals surface area contributed by atoms with Crippen molar-refractivity contribution in [2.45, 2.75) is 32.6 Å². The highest BCUT2D eigenvalue weighted by molar-refractivity contribution is 6.06. The molecule has 220 valence electrons. The van der Waals surface area contributed by atoms with Gasteiger partial charge in [0.2, 0.25) is 11.8 Å². The molecule has 2 heterocycles. The van der Waals surface area contributed by atoms with E-state index in [-0.39, 0.29) is 53.5 Å². The Balaban J connectivity index is 1.68. The molecule has 0 N–H and O–H groups in total. The zero-order chi connectivity index (χ0) is 30.1. The summed E-state index contributed by atoms with van der Waals surface area (Å²) in [7, 11) is 4.50. The van der Waals surface area contributed by atoms with Crippen molar-refractivity contribution in [3.05, 3.63) is 63.8 Å². The minimum absolute atomic E-state index is 0.0630. The van der Waals surface area contributed by atoms with E-state index in [0.717, 1.165) is 10.5 Å². The maximum atomic E-state index is 13.8. The zero-order valence-electron chi connectivity index (χ0n) is 24.2. The summed E-state index contributed by atoms with van der Waals surface area (Å²) in [6.07, 6.45) is 2.25. The van der Waals surface area contributed by atoms with Gasteiger partial charge in [-0.25, -0.2) is 0 Å². The van der Waals surface area contributed by atoms with Crippen LogP contribution in [0.15, 0.2) is 57.3 Å². The third-order valence-corrected chi connectivity index (χ3v) is 7.92. The minimum atomic E-state index is -0.774. The summed E-state index contributed by atoms with van der Waals surface area (Å²) in [5.41, 5.74) is 1.91. The summed E-state index contributed by atoms with van der Waals surface area (Å²) in [6.45, 7) is 3.75. The summed E-state index contributed by atoms with van der Waals surface area (Å²) in [6, 6.07) is 10.1. The number of imide groups is 1. The first-order valence-corrected chi connectivity index (χ1v) is 13.8. The van der Waals surface area contributed by atoms with Crippen LogP contribution < -0.4 is 19.6 Å². The molecule has 1 aliphatic heterocycles. The molecule has 1 saturated heterocycles. The van der Waals surface area contributed by atoms with Crippen molar-refractivity contribution in [1.29, 1.82) is 0 Å². The van der Waals surface area contributed by atoms with Crippen LogP contribution in [0.5, 0.6) is 17.2 Å². The van der Waals surface area contributed by atoms with Gasteiger partial charge in [0, 0.05) is 35.7 Å². The number of hydrogen-bond acceptors (Lipinski definition) is 9. The number of esters is 1. The molecule has 0 saturated carbocycles. The number of benzene rings is 2. The number of ether oxygens (including phenoxy) is 4. The quantitative estimate of drug-likeness (QED) is 0.207. The van der Waals surface area contributed by atoms with Gasteiger partial charge in [0.1, 0.15) is 34.0 Å². The van der Waals surface area contributed by atoms with Crippen LogP contribution in [0.25, 0.3) is 22.3 Å². The Bertz CT molecular complexity index is 1640. The molecule has 2 amide bonds. The Kier molecular flexibility index (Phi) is 8.06. The van der Waals surface area contributed by atoms with E-state index >= 15 is 0 Å². The number of amides is 2. The van der Waals surface area contributed by atoms with Crippen LogP contribution in [0, 0.1) is 11.8 Å². The van der Waals surface area contributed by atoms with Gasteiger partial charge < -0.3 is 23.4 Å². The van der Waals surface area contributed by atoms with Gasteiger partial charge in [-0.1, -0.05) is 11.6 Å². The molecule has 1 aliphatic carbocycles. The third-order valence-electron chi connectivity index (χ3n) is 7.92. The van der Waals surface area contributed by atoms with Gasteiger partial charge in [-0.15, -0.1) is 0 Å². The molecular weight excluding hydrogens is 542 g/mol. The van der Waals surface area contributed by atoms with Crippen molar-refractivity contribution in [3.8, 4) is 28.6 Å². The molecule has 0 radical (unpaired) electrons. The number of allylic oxidation sites excluding steroid dienone is 2. The molecule has 42 heavy (non-hydrogen) atoms. The Labute approximate surface area is 242 Å². The maximum absolute atomic E-state index is 13.8. The molecule has 1 aromatic heterocycles. The summed E-state index contributed by atoms with van der Waals surface area (Å²) in [4.78, 5) is 54.1. The SMILES string of the molecule is CCOC(=O)CCN1C(=O)[C@H]2[C@H](CC(C)=C[C@H]2c2c(OC)cc(OC)c3c(=O)cc(-c4ccc(OC)cc4)oc23)C1=O. The average Bonchev–Trinajstić information content (AvgIpc) is 3.23. The Hall–Kier alpha value is -4.60. The molecule has 2 aliphatic rings. The normalized spacial score (nSPS) is 19.9. The summed E-state index contributed by atoms with van der Waals surface area (Å²) < 4.78 is 28.0. The van der Waals surface area contributed by atoms with E-state index in [9.17, 15) is 19.2 Å². The number of fused-ring (bicyclic) bond motifs is 2. The number of likely N-dealkylation sites (tertiary alicyclic amines) is 1. The minimum Gasteiger partial charge on any atom is -0.497 e. The van der Waals surface area contributed by atoms with Crippen LogP contribution in [0.2, 0.25) is 0 Å². The van der Waals surface area contributed by atoms with Gasteiger partial charge in [0.05, 0.1) is 46.2 Å². The first kappa shape index (κ1) is 28.9. The van der Waals surface area contributed by atoms with E-state index in [0.29, 0.717) is 34.8 Å². The Morgan fingerprint density at radius 2 is 1.69 bits per heavy atom. The highest BCUT2D eigenvalue weighted by Gasteiger charge is 2.53. The van der Waals surface area contributed by atoms with E-state index < -0.39 is 23.7 Å². The number of nitrogens with zero attached hydrogens (tertiary/aromatic N) is 1. The molecule has 10 heteroatoms. The zero-order valence-corrected chi connectivity index (χ0v) is 24.2.